The summed E-state index contributed by atoms with van der Waals surface area (Å²) in [5.41, 5.74) is 1.99. The van der Waals surface area contributed by atoms with Gasteiger partial charge in [0, 0.05) is 10.6 Å². The minimum atomic E-state index is -1.11. The Hall–Kier alpha value is -3.12. The summed E-state index contributed by atoms with van der Waals surface area (Å²) >= 11 is 5.93. The van der Waals surface area contributed by atoms with Crippen molar-refractivity contribution in [3.8, 4) is 0 Å². The van der Waals surface area contributed by atoms with Gasteiger partial charge in [-0.05, 0) is 49.2 Å². The van der Waals surface area contributed by atoms with E-state index >= 15 is 0 Å². The number of carboxylic acids is 1. The van der Waals surface area contributed by atoms with Crippen molar-refractivity contribution in [1.29, 1.82) is 0 Å². The standard InChI is InChI=1S/C25H29ClN2O4/c1-3-4-5-6-7-21(25(31)32)27-24(30)22(16-18-10-14-20(26)15-11-18)28-23(29)19-12-8-17(2)9-13-19/h8-16,21H,3-7H2,1-2H3,(H,27,30)(H,28,29)(H,31,32)/b22-16+/t21-/m1/s1. The zero-order chi connectivity index (χ0) is 23.5. The van der Waals surface area contributed by atoms with E-state index in [-0.39, 0.29) is 5.70 Å². The zero-order valence-corrected chi connectivity index (χ0v) is 19.1. The van der Waals surface area contributed by atoms with Gasteiger partial charge in [-0.1, -0.05) is 74.0 Å². The third kappa shape index (κ3) is 8.19. The number of hydrogen-bond donors (Lipinski definition) is 3. The Morgan fingerprint density at radius 2 is 1.66 bits per heavy atom. The van der Waals surface area contributed by atoms with Crippen LogP contribution >= 0.6 is 11.6 Å². The van der Waals surface area contributed by atoms with Gasteiger partial charge < -0.3 is 15.7 Å². The molecule has 0 aromatic heterocycles. The Balaban J connectivity index is 2.22. The van der Waals surface area contributed by atoms with Crippen LogP contribution in [-0.4, -0.2) is 28.9 Å². The van der Waals surface area contributed by atoms with Gasteiger partial charge in [-0.25, -0.2) is 4.79 Å². The van der Waals surface area contributed by atoms with Crippen LogP contribution < -0.4 is 10.6 Å². The van der Waals surface area contributed by atoms with Gasteiger partial charge in [-0.2, -0.15) is 0 Å². The third-order valence-corrected chi connectivity index (χ3v) is 5.19. The van der Waals surface area contributed by atoms with Gasteiger partial charge in [0.1, 0.15) is 11.7 Å². The van der Waals surface area contributed by atoms with E-state index in [0.29, 0.717) is 29.0 Å². The number of nitrogens with one attached hydrogen (secondary N) is 2. The number of amides is 2. The van der Waals surface area contributed by atoms with Gasteiger partial charge >= 0.3 is 5.97 Å². The summed E-state index contributed by atoms with van der Waals surface area (Å²) in [6, 6.07) is 12.6. The molecule has 0 aliphatic rings. The van der Waals surface area contributed by atoms with Crippen molar-refractivity contribution in [2.45, 2.75) is 52.0 Å². The molecule has 0 saturated carbocycles. The van der Waals surface area contributed by atoms with Crippen molar-refractivity contribution in [3.63, 3.8) is 0 Å². The molecule has 0 bridgehead atoms. The highest BCUT2D eigenvalue weighted by atomic mass is 35.5. The molecule has 2 aromatic rings. The van der Waals surface area contributed by atoms with Crippen LogP contribution in [-0.2, 0) is 9.59 Å². The molecule has 3 N–H and O–H groups in total. The highest BCUT2D eigenvalue weighted by Gasteiger charge is 2.23. The minimum absolute atomic E-state index is 0.0438. The molecule has 0 aliphatic carbocycles. The van der Waals surface area contributed by atoms with Crippen LogP contribution in [0.5, 0.6) is 0 Å². The summed E-state index contributed by atoms with van der Waals surface area (Å²) in [7, 11) is 0. The number of carbonyl (C=O) groups excluding carboxylic acids is 2. The Morgan fingerprint density at radius 1 is 1.00 bits per heavy atom. The third-order valence-electron chi connectivity index (χ3n) is 4.94. The van der Waals surface area contributed by atoms with Crippen molar-refractivity contribution in [2.75, 3.05) is 0 Å². The molecular formula is C25H29ClN2O4. The molecule has 0 aliphatic heterocycles. The Morgan fingerprint density at radius 3 is 2.25 bits per heavy atom. The molecule has 1 atom stereocenters. The molecule has 2 aromatic carbocycles. The first kappa shape index (κ1) is 25.1. The van der Waals surface area contributed by atoms with Gasteiger partial charge in [-0.15, -0.1) is 0 Å². The highest BCUT2D eigenvalue weighted by Crippen LogP contribution is 2.13. The molecule has 0 spiro atoms. The maximum atomic E-state index is 13.0. The van der Waals surface area contributed by atoms with E-state index in [1.807, 2.05) is 6.92 Å². The van der Waals surface area contributed by atoms with Crippen LogP contribution in [0.3, 0.4) is 0 Å². The van der Waals surface area contributed by atoms with Gasteiger partial charge in [0.15, 0.2) is 0 Å². The average molecular weight is 457 g/mol. The number of halogens is 1. The average Bonchev–Trinajstić information content (AvgIpc) is 2.77. The number of carbonyl (C=O) groups is 3. The van der Waals surface area contributed by atoms with Crippen LogP contribution in [0.1, 0.15) is 60.5 Å². The SMILES string of the molecule is CCCCCC[C@@H](NC(=O)/C(=C\c1ccc(Cl)cc1)NC(=O)c1ccc(C)cc1)C(=O)O. The number of unbranched alkanes of at least 4 members (excludes halogenated alkanes) is 3. The number of aliphatic carboxylic acids is 1. The van der Waals surface area contributed by atoms with Crippen molar-refractivity contribution in [2.24, 2.45) is 0 Å². The van der Waals surface area contributed by atoms with Gasteiger partial charge in [0.05, 0.1) is 0 Å². The van der Waals surface area contributed by atoms with Crippen LogP contribution in [0.2, 0.25) is 5.02 Å². The van der Waals surface area contributed by atoms with Crippen LogP contribution in [0.15, 0.2) is 54.2 Å². The summed E-state index contributed by atoms with van der Waals surface area (Å²) in [4.78, 5) is 37.3. The lowest BCUT2D eigenvalue weighted by Crippen LogP contribution is -2.44. The number of rotatable bonds is 11. The number of aryl methyl sites for hydroxylation is 1. The van der Waals surface area contributed by atoms with Gasteiger partial charge in [0.2, 0.25) is 0 Å². The molecule has 0 unspecified atom stereocenters. The molecule has 170 valence electrons. The first-order chi connectivity index (χ1) is 15.3. The summed E-state index contributed by atoms with van der Waals surface area (Å²) in [5, 5.41) is 15.2. The van der Waals surface area contributed by atoms with Crippen LogP contribution in [0, 0.1) is 6.92 Å². The lowest BCUT2D eigenvalue weighted by atomic mass is 10.1. The summed E-state index contributed by atoms with van der Waals surface area (Å²) in [5.74, 6) is -2.23. The van der Waals surface area contributed by atoms with E-state index in [0.717, 1.165) is 24.8 Å². The molecule has 2 amide bonds. The zero-order valence-electron chi connectivity index (χ0n) is 18.4. The first-order valence-electron chi connectivity index (χ1n) is 10.7. The van der Waals surface area contributed by atoms with Crippen molar-refractivity contribution >= 4 is 35.5 Å². The minimum Gasteiger partial charge on any atom is -0.480 e. The fourth-order valence-electron chi connectivity index (χ4n) is 3.05. The van der Waals surface area contributed by atoms with Crippen molar-refractivity contribution < 1.29 is 19.5 Å². The van der Waals surface area contributed by atoms with Crippen LogP contribution in [0.25, 0.3) is 6.08 Å². The molecule has 32 heavy (non-hydrogen) atoms. The molecule has 0 saturated heterocycles. The van der Waals surface area contributed by atoms with Gasteiger partial charge in [0.25, 0.3) is 11.8 Å². The monoisotopic (exact) mass is 456 g/mol. The summed E-state index contributed by atoms with van der Waals surface area (Å²) in [6.07, 6.45) is 5.44. The van der Waals surface area contributed by atoms with E-state index in [1.165, 1.54) is 6.08 Å². The van der Waals surface area contributed by atoms with Gasteiger partial charge in [-0.3, -0.25) is 9.59 Å². The lowest BCUT2D eigenvalue weighted by Gasteiger charge is -2.17. The summed E-state index contributed by atoms with van der Waals surface area (Å²) in [6.45, 7) is 3.98. The molecule has 0 radical (unpaired) electrons. The largest absolute Gasteiger partial charge is 0.480 e. The van der Waals surface area contributed by atoms with Crippen molar-refractivity contribution in [3.05, 3.63) is 75.9 Å². The van der Waals surface area contributed by atoms with E-state index < -0.39 is 23.8 Å². The maximum Gasteiger partial charge on any atom is 0.326 e. The second-order valence-electron chi connectivity index (χ2n) is 7.64. The predicted octanol–water partition coefficient (Wildman–Crippen LogP) is 4.96. The predicted molar refractivity (Wildman–Crippen MR) is 126 cm³/mol. The fourth-order valence-corrected chi connectivity index (χ4v) is 3.18. The van der Waals surface area contributed by atoms with E-state index in [2.05, 4.69) is 17.6 Å². The van der Waals surface area contributed by atoms with Crippen molar-refractivity contribution in [1.82, 2.24) is 10.6 Å². The molecule has 7 heteroatoms. The normalized spacial score (nSPS) is 12.2. The first-order valence-corrected chi connectivity index (χ1v) is 11.1. The smallest absolute Gasteiger partial charge is 0.326 e. The van der Waals surface area contributed by atoms with Crippen LogP contribution in [0.4, 0.5) is 0 Å². The molecule has 0 heterocycles. The molecule has 0 fully saturated rings. The quantitative estimate of drug-likeness (QED) is 0.329. The Bertz CT molecular complexity index is 953. The molecule has 6 nitrogen and oxygen atoms in total. The summed E-state index contributed by atoms with van der Waals surface area (Å²) < 4.78 is 0. The Labute approximate surface area is 193 Å². The van der Waals surface area contributed by atoms with E-state index in [1.54, 1.807) is 48.5 Å². The maximum absolute atomic E-state index is 13.0. The van der Waals surface area contributed by atoms with E-state index in [9.17, 15) is 19.5 Å². The fraction of sp³-hybridized carbons (Fsp3) is 0.320. The topological polar surface area (TPSA) is 95.5 Å². The lowest BCUT2D eigenvalue weighted by molar-refractivity contribution is -0.141. The number of hydrogen-bond acceptors (Lipinski definition) is 3. The molecule has 2 rings (SSSR count). The highest BCUT2D eigenvalue weighted by molar-refractivity contribution is 6.30. The number of benzene rings is 2. The number of carboxylic acid groups (broad SMARTS) is 1. The Kier molecular flexibility index (Phi) is 9.95. The second-order valence-corrected chi connectivity index (χ2v) is 8.08. The molecular weight excluding hydrogens is 428 g/mol. The van der Waals surface area contributed by atoms with E-state index in [4.69, 9.17) is 11.6 Å². The second kappa shape index (κ2) is 12.7.